The van der Waals surface area contributed by atoms with Crippen LogP contribution in [0.3, 0.4) is 0 Å². The Morgan fingerprint density at radius 2 is 2.00 bits per heavy atom. The average Bonchev–Trinajstić information content (AvgIpc) is 2.54. The van der Waals surface area contributed by atoms with Gasteiger partial charge in [-0.15, -0.1) is 0 Å². The molecule has 2 rings (SSSR count). The zero-order chi connectivity index (χ0) is 17.4. The molecule has 0 spiro atoms. The molecule has 0 saturated heterocycles. The number of benzene rings is 2. The Balaban J connectivity index is 1.60. The van der Waals surface area contributed by atoms with Crippen LogP contribution < -0.4 is 10.6 Å². The highest BCUT2D eigenvalue weighted by Crippen LogP contribution is 2.19. The summed E-state index contributed by atoms with van der Waals surface area (Å²) in [6.07, 6.45) is 1.08. The van der Waals surface area contributed by atoms with Gasteiger partial charge in [0.05, 0.1) is 0 Å². The lowest BCUT2D eigenvalue weighted by atomic mass is 10.2. The van der Waals surface area contributed by atoms with Crippen molar-refractivity contribution in [2.75, 3.05) is 17.6 Å². The van der Waals surface area contributed by atoms with Crippen molar-refractivity contribution in [1.29, 1.82) is 0 Å². The largest absolute Gasteiger partial charge is 0.362 e. The summed E-state index contributed by atoms with van der Waals surface area (Å²) in [5, 5.41) is 7.78. The quantitative estimate of drug-likeness (QED) is 0.486. The van der Waals surface area contributed by atoms with Crippen molar-refractivity contribution in [3.63, 3.8) is 0 Å². The molecule has 2 aromatic carbocycles. The first-order valence-corrected chi connectivity index (χ1v) is 9.93. The number of thiocarbonyl (C=S) groups is 1. The van der Waals surface area contributed by atoms with Gasteiger partial charge in [0.2, 0.25) is 0 Å². The molecule has 0 aliphatic heterocycles. The molecule has 0 saturated carbocycles. The Morgan fingerprint density at radius 1 is 1.17 bits per heavy atom. The van der Waals surface area contributed by atoms with Crippen LogP contribution in [0.4, 0.5) is 5.69 Å². The normalized spacial score (nSPS) is 10.5. The van der Waals surface area contributed by atoms with E-state index in [0.717, 1.165) is 40.7 Å². The molecule has 0 bridgehead atoms. The number of hydrogen-bond donors (Lipinski definition) is 2. The maximum Gasteiger partial charge on any atom is 0.170 e. The second kappa shape index (κ2) is 9.92. The molecule has 0 aromatic heterocycles. The summed E-state index contributed by atoms with van der Waals surface area (Å²) >= 11 is 13.4. The topological polar surface area (TPSA) is 24.1 Å². The van der Waals surface area contributed by atoms with Crippen molar-refractivity contribution in [2.45, 2.75) is 26.0 Å². The zero-order valence-electron chi connectivity index (χ0n) is 14.1. The summed E-state index contributed by atoms with van der Waals surface area (Å²) in [4.78, 5) is 0. The third-order valence-electron chi connectivity index (χ3n) is 3.53. The van der Waals surface area contributed by atoms with Crippen LogP contribution in [0.25, 0.3) is 0 Å². The predicted octanol–water partition coefficient (Wildman–Crippen LogP) is 5.57. The van der Waals surface area contributed by atoms with E-state index in [9.17, 15) is 0 Å². The van der Waals surface area contributed by atoms with Crippen LogP contribution in [-0.2, 0) is 5.75 Å². The summed E-state index contributed by atoms with van der Waals surface area (Å²) < 4.78 is 0. The molecule has 2 aromatic rings. The van der Waals surface area contributed by atoms with E-state index in [2.05, 4.69) is 41.8 Å². The Morgan fingerprint density at radius 3 is 2.75 bits per heavy atom. The lowest BCUT2D eigenvalue weighted by Crippen LogP contribution is -2.29. The van der Waals surface area contributed by atoms with E-state index in [4.69, 9.17) is 23.8 Å². The van der Waals surface area contributed by atoms with E-state index < -0.39 is 0 Å². The molecule has 0 unspecified atom stereocenters. The smallest absolute Gasteiger partial charge is 0.170 e. The third-order valence-corrected chi connectivity index (χ3v) is 5.30. The number of nitrogens with one attached hydrogen (secondary N) is 2. The summed E-state index contributed by atoms with van der Waals surface area (Å²) in [5.74, 6) is 2.17. The fraction of sp³-hybridized carbons (Fsp3) is 0.316. The van der Waals surface area contributed by atoms with E-state index in [1.807, 2.05) is 36.9 Å². The monoisotopic (exact) mass is 378 g/mol. The molecule has 128 valence electrons. The van der Waals surface area contributed by atoms with Gasteiger partial charge in [-0.1, -0.05) is 47.5 Å². The molecule has 0 amide bonds. The van der Waals surface area contributed by atoms with Gasteiger partial charge in [0.15, 0.2) is 5.11 Å². The molecule has 0 fully saturated rings. The molecular weight excluding hydrogens is 356 g/mol. The number of thioether (sulfide) groups is 1. The summed E-state index contributed by atoms with van der Waals surface area (Å²) in [5.41, 5.74) is 4.69. The first kappa shape index (κ1) is 19.1. The van der Waals surface area contributed by atoms with Crippen molar-refractivity contribution in [3.05, 3.63) is 64.2 Å². The zero-order valence-corrected chi connectivity index (χ0v) is 16.5. The number of rotatable bonds is 7. The van der Waals surface area contributed by atoms with Crippen molar-refractivity contribution in [1.82, 2.24) is 5.32 Å². The van der Waals surface area contributed by atoms with Crippen LogP contribution in [0.2, 0.25) is 5.02 Å². The fourth-order valence-corrected chi connectivity index (χ4v) is 3.52. The number of halogens is 1. The van der Waals surface area contributed by atoms with Crippen LogP contribution in [-0.4, -0.2) is 17.4 Å². The second-order valence-corrected chi connectivity index (χ2v) is 7.66. The van der Waals surface area contributed by atoms with Gasteiger partial charge in [-0.2, -0.15) is 11.8 Å². The Kier molecular flexibility index (Phi) is 7.89. The minimum Gasteiger partial charge on any atom is -0.362 e. The van der Waals surface area contributed by atoms with Gasteiger partial charge in [0, 0.05) is 23.0 Å². The first-order valence-electron chi connectivity index (χ1n) is 7.99. The molecule has 24 heavy (non-hydrogen) atoms. The summed E-state index contributed by atoms with van der Waals surface area (Å²) in [6, 6.07) is 14.5. The minimum absolute atomic E-state index is 0.638. The SMILES string of the molecule is Cc1cccc(CSCCCNC(=S)Nc2ccc(C)c(Cl)c2)c1. The Labute approximate surface area is 159 Å². The highest BCUT2D eigenvalue weighted by Gasteiger charge is 2.00. The van der Waals surface area contributed by atoms with E-state index in [1.165, 1.54) is 11.1 Å². The lowest BCUT2D eigenvalue weighted by Gasteiger charge is -2.11. The highest BCUT2D eigenvalue weighted by atomic mass is 35.5. The molecule has 0 radical (unpaired) electrons. The third kappa shape index (κ3) is 6.71. The average molecular weight is 379 g/mol. The molecule has 0 heterocycles. The number of aryl methyl sites for hydroxylation is 2. The van der Waals surface area contributed by atoms with Crippen molar-refractivity contribution >= 4 is 46.4 Å². The maximum atomic E-state index is 6.11. The number of anilines is 1. The summed E-state index contributed by atoms with van der Waals surface area (Å²) in [6.45, 7) is 4.98. The predicted molar refractivity (Wildman–Crippen MR) is 112 cm³/mol. The molecule has 5 heteroatoms. The molecule has 0 aliphatic carbocycles. The fourth-order valence-electron chi connectivity index (χ4n) is 2.21. The van der Waals surface area contributed by atoms with Gasteiger partial charge in [0.25, 0.3) is 0 Å². The Bertz CT molecular complexity index is 689. The van der Waals surface area contributed by atoms with Gasteiger partial charge >= 0.3 is 0 Å². The van der Waals surface area contributed by atoms with Gasteiger partial charge in [-0.25, -0.2) is 0 Å². The van der Waals surface area contributed by atoms with Gasteiger partial charge in [-0.3, -0.25) is 0 Å². The second-order valence-electron chi connectivity index (χ2n) is 5.74. The standard InChI is InChI=1S/C19H23ClN2S2/c1-14-5-3-6-16(11-14)13-24-10-4-9-21-19(23)22-17-8-7-15(2)18(20)12-17/h3,5-8,11-12H,4,9-10,13H2,1-2H3,(H2,21,22,23). The first-order chi connectivity index (χ1) is 11.5. The molecular formula is C19H23ClN2S2. The number of hydrogen-bond acceptors (Lipinski definition) is 2. The molecule has 0 aliphatic rings. The van der Waals surface area contributed by atoms with Crippen molar-refractivity contribution in [3.8, 4) is 0 Å². The van der Waals surface area contributed by atoms with E-state index in [-0.39, 0.29) is 0 Å². The van der Waals surface area contributed by atoms with Crippen LogP contribution >= 0.6 is 35.6 Å². The van der Waals surface area contributed by atoms with E-state index in [1.54, 1.807) is 0 Å². The maximum absolute atomic E-state index is 6.11. The minimum atomic E-state index is 0.638. The van der Waals surface area contributed by atoms with Gasteiger partial charge in [0.1, 0.15) is 0 Å². The van der Waals surface area contributed by atoms with E-state index in [0.29, 0.717) is 5.11 Å². The summed E-state index contributed by atoms with van der Waals surface area (Å²) in [7, 11) is 0. The van der Waals surface area contributed by atoms with Crippen LogP contribution in [0, 0.1) is 13.8 Å². The van der Waals surface area contributed by atoms with Crippen LogP contribution in [0.1, 0.15) is 23.1 Å². The Hall–Kier alpha value is -1.23. The lowest BCUT2D eigenvalue weighted by molar-refractivity contribution is 0.854. The molecule has 2 N–H and O–H groups in total. The van der Waals surface area contributed by atoms with Crippen molar-refractivity contribution < 1.29 is 0 Å². The van der Waals surface area contributed by atoms with Gasteiger partial charge in [-0.05, 0) is 61.5 Å². The highest BCUT2D eigenvalue weighted by molar-refractivity contribution is 7.98. The molecule has 2 nitrogen and oxygen atoms in total. The van der Waals surface area contributed by atoms with E-state index >= 15 is 0 Å². The van der Waals surface area contributed by atoms with Crippen LogP contribution in [0.15, 0.2) is 42.5 Å². The molecule has 0 atom stereocenters. The van der Waals surface area contributed by atoms with Crippen molar-refractivity contribution in [2.24, 2.45) is 0 Å². The van der Waals surface area contributed by atoms with Crippen LogP contribution in [0.5, 0.6) is 0 Å². The van der Waals surface area contributed by atoms with Gasteiger partial charge < -0.3 is 10.6 Å².